The molecule has 1 fully saturated rings. The molecule has 3 atom stereocenters. The Labute approximate surface area is 74.6 Å². The Morgan fingerprint density at radius 3 is 2.42 bits per heavy atom. The lowest BCUT2D eigenvalue weighted by Crippen LogP contribution is -2.41. The number of rotatable bonds is 1. The Bertz CT molecular complexity index is 152. The van der Waals surface area contributed by atoms with Gasteiger partial charge < -0.3 is 10.2 Å². The second kappa shape index (κ2) is 3.35. The third kappa shape index (κ3) is 2.20. The van der Waals surface area contributed by atoms with Crippen LogP contribution in [0.5, 0.6) is 0 Å². The predicted molar refractivity (Wildman–Crippen MR) is 48.8 cm³/mol. The Hall–Kier alpha value is -0.0800. The van der Waals surface area contributed by atoms with Gasteiger partial charge in [-0.3, -0.25) is 0 Å². The zero-order valence-electron chi connectivity index (χ0n) is 8.25. The van der Waals surface area contributed by atoms with Crippen molar-refractivity contribution in [2.75, 3.05) is 0 Å². The maximum absolute atomic E-state index is 9.71. The highest BCUT2D eigenvalue weighted by Gasteiger charge is 2.36. The maximum atomic E-state index is 9.71. The standard InChI is InChI=1S/C10H20O2/c1-7(2)8-4-5-10(3,12)6-9(8)11/h7-9,11-12H,4-6H2,1-3H3/t8-,9-,10-/m1/s1. The van der Waals surface area contributed by atoms with Gasteiger partial charge in [-0.1, -0.05) is 13.8 Å². The van der Waals surface area contributed by atoms with Crippen LogP contribution in [0.4, 0.5) is 0 Å². The number of aliphatic hydroxyl groups is 2. The van der Waals surface area contributed by atoms with Gasteiger partial charge in [0.25, 0.3) is 0 Å². The molecular formula is C10H20O2. The minimum Gasteiger partial charge on any atom is -0.393 e. The molecule has 0 aliphatic heterocycles. The van der Waals surface area contributed by atoms with E-state index >= 15 is 0 Å². The van der Waals surface area contributed by atoms with E-state index < -0.39 is 5.60 Å². The third-order valence-corrected chi connectivity index (χ3v) is 3.02. The third-order valence-electron chi connectivity index (χ3n) is 3.02. The van der Waals surface area contributed by atoms with Crippen molar-refractivity contribution in [1.29, 1.82) is 0 Å². The van der Waals surface area contributed by atoms with Crippen LogP contribution in [0.1, 0.15) is 40.0 Å². The van der Waals surface area contributed by atoms with Gasteiger partial charge in [-0.2, -0.15) is 0 Å². The van der Waals surface area contributed by atoms with Gasteiger partial charge in [0.15, 0.2) is 0 Å². The highest BCUT2D eigenvalue weighted by Crippen LogP contribution is 2.35. The largest absolute Gasteiger partial charge is 0.393 e. The Morgan fingerprint density at radius 1 is 1.42 bits per heavy atom. The van der Waals surface area contributed by atoms with Crippen molar-refractivity contribution < 1.29 is 10.2 Å². The molecule has 0 heterocycles. The second-order valence-corrected chi connectivity index (χ2v) is 4.71. The summed E-state index contributed by atoms with van der Waals surface area (Å²) in [4.78, 5) is 0. The molecule has 0 bridgehead atoms. The van der Waals surface area contributed by atoms with E-state index in [2.05, 4.69) is 13.8 Å². The minimum atomic E-state index is -0.634. The summed E-state index contributed by atoms with van der Waals surface area (Å²) in [5.41, 5.74) is -0.634. The molecule has 2 heteroatoms. The molecule has 1 rings (SSSR count). The zero-order chi connectivity index (χ0) is 9.35. The first-order chi connectivity index (χ1) is 5.42. The van der Waals surface area contributed by atoms with Crippen LogP contribution in [0.2, 0.25) is 0 Å². The average Bonchev–Trinajstić information content (AvgIpc) is 1.83. The average molecular weight is 172 g/mol. The molecule has 0 aromatic carbocycles. The van der Waals surface area contributed by atoms with Gasteiger partial charge in [0.1, 0.15) is 0 Å². The van der Waals surface area contributed by atoms with Crippen molar-refractivity contribution in [2.45, 2.75) is 51.7 Å². The molecule has 0 unspecified atom stereocenters. The highest BCUT2D eigenvalue weighted by atomic mass is 16.3. The molecule has 0 aromatic rings. The van der Waals surface area contributed by atoms with Crippen LogP contribution < -0.4 is 0 Å². The van der Waals surface area contributed by atoms with Crippen LogP contribution in [0, 0.1) is 11.8 Å². The molecule has 0 radical (unpaired) electrons. The summed E-state index contributed by atoms with van der Waals surface area (Å²) in [5.74, 6) is 0.904. The van der Waals surface area contributed by atoms with E-state index in [1.54, 1.807) is 0 Å². The van der Waals surface area contributed by atoms with Crippen molar-refractivity contribution in [2.24, 2.45) is 11.8 Å². The molecule has 0 amide bonds. The van der Waals surface area contributed by atoms with Crippen molar-refractivity contribution in [3.8, 4) is 0 Å². The molecule has 2 nitrogen and oxygen atoms in total. The lowest BCUT2D eigenvalue weighted by molar-refractivity contribution is -0.0683. The molecule has 1 saturated carbocycles. The van der Waals surface area contributed by atoms with Crippen LogP contribution in [-0.2, 0) is 0 Å². The predicted octanol–water partition coefficient (Wildman–Crippen LogP) is 1.55. The van der Waals surface area contributed by atoms with E-state index in [1.165, 1.54) is 0 Å². The number of aliphatic hydroxyl groups excluding tert-OH is 1. The lowest BCUT2D eigenvalue weighted by Gasteiger charge is -2.38. The van der Waals surface area contributed by atoms with Crippen LogP contribution in [0.25, 0.3) is 0 Å². The van der Waals surface area contributed by atoms with Gasteiger partial charge >= 0.3 is 0 Å². The summed E-state index contributed by atoms with van der Waals surface area (Å²) in [6.45, 7) is 6.08. The second-order valence-electron chi connectivity index (χ2n) is 4.71. The maximum Gasteiger partial charge on any atom is 0.0644 e. The van der Waals surface area contributed by atoms with Gasteiger partial charge in [0.05, 0.1) is 11.7 Å². The molecule has 0 spiro atoms. The van der Waals surface area contributed by atoms with Gasteiger partial charge in [-0.25, -0.2) is 0 Å². The first-order valence-corrected chi connectivity index (χ1v) is 4.83. The van der Waals surface area contributed by atoms with Crippen LogP contribution >= 0.6 is 0 Å². The van der Waals surface area contributed by atoms with E-state index in [0.717, 1.165) is 12.8 Å². The molecule has 0 aromatic heterocycles. The SMILES string of the molecule is CC(C)[C@H]1CC[C@@](C)(O)C[C@H]1O. The number of hydrogen-bond acceptors (Lipinski definition) is 2. The summed E-state index contributed by atoms with van der Waals surface area (Å²) < 4.78 is 0. The molecule has 72 valence electrons. The van der Waals surface area contributed by atoms with E-state index in [-0.39, 0.29) is 6.10 Å². The molecule has 1 aliphatic carbocycles. The van der Waals surface area contributed by atoms with Crippen molar-refractivity contribution in [1.82, 2.24) is 0 Å². The van der Waals surface area contributed by atoms with E-state index in [0.29, 0.717) is 18.3 Å². The summed E-state index contributed by atoms with van der Waals surface area (Å²) in [5, 5.41) is 19.4. The fraction of sp³-hybridized carbons (Fsp3) is 1.00. The van der Waals surface area contributed by atoms with Crippen molar-refractivity contribution in [3.63, 3.8) is 0 Å². The van der Waals surface area contributed by atoms with E-state index in [9.17, 15) is 10.2 Å². The van der Waals surface area contributed by atoms with Crippen LogP contribution in [0.3, 0.4) is 0 Å². The van der Waals surface area contributed by atoms with Gasteiger partial charge in [-0.15, -0.1) is 0 Å². The van der Waals surface area contributed by atoms with Gasteiger partial charge in [0.2, 0.25) is 0 Å². The summed E-state index contributed by atoms with van der Waals surface area (Å²) in [6, 6.07) is 0. The first-order valence-electron chi connectivity index (χ1n) is 4.83. The molecule has 12 heavy (non-hydrogen) atoms. The topological polar surface area (TPSA) is 40.5 Å². The Kier molecular flexibility index (Phi) is 2.79. The first kappa shape index (κ1) is 10.0. The normalized spacial score (nSPS) is 43.5. The summed E-state index contributed by atoms with van der Waals surface area (Å²) >= 11 is 0. The fourth-order valence-corrected chi connectivity index (χ4v) is 2.15. The van der Waals surface area contributed by atoms with E-state index in [4.69, 9.17) is 0 Å². The molecular weight excluding hydrogens is 152 g/mol. The quantitative estimate of drug-likeness (QED) is 0.630. The molecule has 0 saturated heterocycles. The fourth-order valence-electron chi connectivity index (χ4n) is 2.15. The van der Waals surface area contributed by atoms with Gasteiger partial charge in [-0.05, 0) is 31.6 Å². The smallest absolute Gasteiger partial charge is 0.0644 e. The van der Waals surface area contributed by atoms with Crippen molar-refractivity contribution in [3.05, 3.63) is 0 Å². The molecule has 2 N–H and O–H groups in total. The Morgan fingerprint density at radius 2 is 2.00 bits per heavy atom. The summed E-state index contributed by atoms with van der Waals surface area (Å²) in [7, 11) is 0. The minimum absolute atomic E-state index is 0.311. The van der Waals surface area contributed by atoms with Crippen molar-refractivity contribution >= 4 is 0 Å². The van der Waals surface area contributed by atoms with Crippen LogP contribution in [-0.4, -0.2) is 21.9 Å². The highest BCUT2D eigenvalue weighted by molar-refractivity contribution is 4.88. The molecule has 1 aliphatic rings. The Balaban J connectivity index is 2.54. The monoisotopic (exact) mass is 172 g/mol. The van der Waals surface area contributed by atoms with E-state index in [1.807, 2.05) is 6.92 Å². The summed E-state index contributed by atoms with van der Waals surface area (Å²) in [6.07, 6.45) is 2.00. The lowest BCUT2D eigenvalue weighted by atomic mass is 9.73. The van der Waals surface area contributed by atoms with Crippen LogP contribution in [0.15, 0.2) is 0 Å². The number of hydrogen-bond donors (Lipinski definition) is 2. The zero-order valence-corrected chi connectivity index (χ0v) is 8.25. The van der Waals surface area contributed by atoms with Gasteiger partial charge in [0, 0.05) is 6.42 Å².